The van der Waals surface area contributed by atoms with Gasteiger partial charge in [-0.05, 0) is 6.92 Å². The van der Waals surface area contributed by atoms with E-state index in [9.17, 15) is 4.79 Å². The molecule has 0 bridgehead atoms. The van der Waals surface area contributed by atoms with Crippen LogP contribution in [0.5, 0.6) is 11.6 Å². The van der Waals surface area contributed by atoms with Gasteiger partial charge in [-0.15, -0.1) is 0 Å². The molecule has 4 nitrogen and oxygen atoms in total. The van der Waals surface area contributed by atoms with Crippen molar-refractivity contribution in [3.63, 3.8) is 0 Å². The maximum Gasteiger partial charge on any atom is 0.220 e. The molecule has 0 aliphatic rings. The van der Waals surface area contributed by atoms with E-state index in [4.69, 9.17) is 9.47 Å². The van der Waals surface area contributed by atoms with E-state index in [0.29, 0.717) is 23.6 Å². The van der Waals surface area contributed by atoms with E-state index in [0.717, 1.165) is 5.56 Å². The molecule has 0 saturated heterocycles. The summed E-state index contributed by atoms with van der Waals surface area (Å²) in [5.41, 5.74) is 1.09. The number of aldehydes is 1. The molecule has 70 valence electrons. The van der Waals surface area contributed by atoms with Gasteiger partial charge in [0, 0.05) is 6.07 Å². The Hall–Kier alpha value is -1.58. The highest BCUT2D eigenvalue weighted by Crippen LogP contribution is 2.25. The Morgan fingerprint density at radius 1 is 1.38 bits per heavy atom. The summed E-state index contributed by atoms with van der Waals surface area (Å²) >= 11 is 0. The van der Waals surface area contributed by atoms with Gasteiger partial charge in [0.1, 0.15) is 11.4 Å². The summed E-state index contributed by atoms with van der Waals surface area (Å²) in [5.74, 6) is 1.02. The smallest absolute Gasteiger partial charge is 0.220 e. The van der Waals surface area contributed by atoms with Crippen LogP contribution in [0.3, 0.4) is 0 Å². The van der Waals surface area contributed by atoms with Crippen molar-refractivity contribution in [2.45, 2.75) is 6.92 Å². The van der Waals surface area contributed by atoms with Crippen LogP contribution in [-0.2, 0) is 0 Å². The van der Waals surface area contributed by atoms with E-state index < -0.39 is 0 Å². The number of hydrogen-bond acceptors (Lipinski definition) is 4. The fourth-order valence-electron chi connectivity index (χ4n) is 1.05. The van der Waals surface area contributed by atoms with E-state index in [2.05, 4.69) is 4.98 Å². The molecule has 1 heterocycles. The van der Waals surface area contributed by atoms with E-state index >= 15 is 0 Å². The first kappa shape index (κ1) is 9.51. The molecule has 0 aromatic carbocycles. The Bertz CT molecular complexity index is 298. The van der Waals surface area contributed by atoms with Gasteiger partial charge < -0.3 is 9.47 Å². The maximum absolute atomic E-state index is 10.5. The largest absolute Gasteiger partial charge is 0.496 e. The topological polar surface area (TPSA) is 48.4 Å². The van der Waals surface area contributed by atoms with Gasteiger partial charge >= 0.3 is 0 Å². The Kier molecular flexibility index (Phi) is 2.84. The van der Waals surface area contributed by atoms with Crippen molar-refractivity contribution in [3.05, 3.63) is 17.3 Å². The zero-order valence-corrected chi connectivity index (χ0v) is 7.83. The first-order chi connectivity index (χ1) is 6.22. The van der Waals surface area contributed by atoms with Crippen LogP contribution in [0.2, 0.25) is 0 Å². The molecule has 0 fully saturated rings. The summed E-state index contributed by atoms with van der Waals surface area (Å²) in [6.45, 7) is 1.82. The van der Waals surface area contributed by atoms with Crippen molar-refractivity contribution in [1.29, 1.82) is 0 Å². The Morgan fingerprint density at radius 3 is 2.54 bits per heavy atom. The third-order valence-corrected chi connectivity index (χ3v) is 1.73. The minimum absolute atomic E-state index is 0.305. The van der Waals surface area contributed by atoms with E-state index in [1.54, 1.807) is 6.07 Å². The lowest BCUT2D eigenvalue weighted by molar-refractivity contribution is 0.111. The average molecular weight is 181 g/mol. The number of pyridine rings is 1. The SMILES string of the molecule is COc1cc(C=O)nc(OC)c1C. The van der Waals surface area contributed by atoms with Gasteiger partial charge in [-0.25, -0.2) is 4.98 Å². The summed E-state index contributed by atoms with van der Waals surface area (Å²) in [6, 6.07) is 1.57. The van der Waals surface area contributed by atoms with Gasteiger partial charge in [0.05, 0.1) is 19.8 Å². The molecule has 0 atom stereocenters. The molecule has 0 N–H and O–H groups in total. The molecule has 13 heavy (non-hydrogen) atoms. The minimum atomic E-state index is 0.305. The van der Waals surface area contributed by atoms with Crippen LogP contribution in [0.15, 0.2) is 6.07 Å². The van der Waals surface area contributed by atoms with Gasteiger partial charge in [0.25, 0.3) is 0 Å². The molecule has 0 radical (unpaired) electrons. The first-order valence-electron chi connectivity index (χ1n) is 3.77. The molecule has 0 unspecified atom stereocenters. The standard InChI is InChI=1S/C9H11NO3/c1-6-8(12-2)4-7(5-11)10-9(6)13-3/h4-5H,1-3H3. The zero-order chi connectivity index (χ0) is 9.84. The number of nitrogens with zero attached hydrogens (tertiary/aromatic N) is 1. The van der Waals surface area contributed by atoms with Crippen LogP contribution in [0.1, 0.15) is 16.1 Å². The number of carbonyl (C=O) groups excluding carboxylic acids is 1. The minimum Gasteiger partial charge on any atom is -0.496 e. The lowest BCUT2D eigenvalue weighted by Crippen LogP contribution is -1.98. The van der Waals surface area contributed by atoms with Crippen molar-refractivity contribution < 1.29 is 14.3 Å². The lowest BCUT2D eigenvalue weighted by Gasteiger charge is -2.08. The molecule has 0 aliphatic heterocycles. The fraction of sp³-hybridized carbons (Fsp3) is 0.333. The van der Waals surface area contributed by atoms with Gasteiger partial charge in [-0.3, -0.25) is 4.79 Å². The highest BCUT2D eigenvalue weighted by Gasteiger charge is 2.08. The molecule has 4 heteroatoms. The van der Waals surface area contributed by atoms with Gasteiger partial charge in [-0.1, -0.05) is 0 Å². The summed E-state index contributed by atoms with van der Waals surface area (Å²) in [5, 5.41) is 0. The third-order valence-electron chi connectivity index (χ3n) is 1.73. The van der Waals surface area contributed by atoms with Gasteiger partial charge in [-0.2, -0.15) is 0 Å². The Balaban J connectivity index is 3.28. The quantitative estimate of drug-likeness (QED) is 0.658. The van der Waals surface area contributed by atoms with Crippen LogP contribution in [0.25, 0.3) is 0 Å². The predicted octanol–water partition coefficient (Wildman–Crippen LogP) is 1.22. The molecule has 1 aromatic rings. The Labute approximate surface area is 76.5 Å². The highest BCUT2D eigenvalue weighted by molar-refractivity contribution is 5.73. The van der Waals surface area contributed by atoms with Crippen LogP contribution in [0, 0.1) is 6.92 Å². The van der Waals surface area contributed by atoms with Crippen LogP contribution < -0.4 is 9.47 Å². The molecular weight excluding hydrogens is 170 g/mol. The second kappa shape index (κ2) is 3.89. The average Bonchev–Trinajstić information content (AvgIpc) is 2.18. The number of carbonyl (C=O) groups is 1. The number of rotatable bonds is 3. The lowest BCUT2D eigenvalue weighted by atomic mass is 10.2. The van der Waals surface area contributed by atoms with Crippen LogP contribution in [0.4, 0.5) is 0 Å². The fourth-order valence-corrected chi connectivity index (χ4v) is 1.05. The monoisotopic (exact) mass is 181 g/mol. The van der Waals surface area contributed by atoms with Crippen LogP contribution >= 0.6 is 0 Å². The normalized spacial score (nSPS) is 9.46. The molecule has 1 aromatic heterocycles. The number of aromatic nitrogens is 1. The van der Waals surface area contributed by atoms with Crippen molar-refractivity contribution in [3.8, 4) is 11.6 Å². The number of methoxy groups -OCH3 is 2. The third kappa shape index (κ3) is 1.77. The second-order valence-electron chi connectivity index (χ2n) is 2.50. The molecule has 0 aliphatic carbocycles. The first-order valence-corrected chi connectivity index (χ1v) is 3.77. The second-order valence-corrected chi connectivity index (χ2v) is 2.50. The van der Waals surface area contributed by atoms with Crippen molar-refractivity contribution in [2.24, 2.45) is 0 Å². The highest BCUT2D eigenvalue weighted by atomic mass is 16.5. The summed E-state index contributed by atoms with van der Waals surface area (Å²) < 4.78 is 10.0. The van der Waals surface area contributed by atoms with E-state index in [1.165, 1.54) is 14.2 Å². The van der Waals surface area contributed by atoms with Crippen molar-refractivity contribution in [2.75, 3.05) is 14.2 Å². The molecule has 1 rings (SSSR count). The van der Waals surface area contributed by atoms with Crippen molar-refractivity contribution >= 4 is 6.29 Å². The number of hydrogen-bond donors (Lipinski definition) is 0. The maximum atomic E-state index is 10.5. The molecule has 0 amide bonds. The summed E-state index contributed by atoms with van der Waals surface area (Å²) in [6.07, 6.45) is 0.657. The summed E-state index contributed by atoms with van der Waals surface area (Å²) in [4.78, 5) is 14.4. The van der Waals surface area contributed by atoms with Crippen LogP contribution in [-0.4, -0.2) is 25.5 Å². The zero-order valence-electron chi connectivity index (χ0n) is 7.83. The molecule has 0 saturated carbocycles. The Morgan fingerprint density at radius 2 is 2.08 bits per heavy atom. The number of ether oxygens (including phenoxy) is 2. The molecular formula is C9H11NO3. The van der Waals surface area contributed by atoms with Gasteiger partial charge in [0.15, 0.2) is 6.29 Å². The summed E-state index contributed by atoms with van der Waals surface area (Å²) in [7, 11) is 3.04. The van der Waals surface area contributed by atoms with E-state index in [-0.39, 0.29) is 0 Å². The predicted molar refractivity (Wildman–Crippen MR) is 47.5 cm³/mol. The van der Waals surface area contributed by atoms with Crippen molar-refractivity contribution in [1.82, 2.24) is 4.98 Å². The van der Waals surface area contributed by atoms with E-state index in [1.807, 2.05) is 6.92 Å². The molecule has 0 spiro atoms. The van der Waals surface area contributed by atoms with Gasteiger partial charge in [0.2, 0.25) is 5.88 Å².